The predicted molar refractivity (Wildman–Crippen MR) is 215 cm³/mol. The van der Waals surface area contributed by atoms with Crippen LogP contribution in [-0.4, -0.2) is 123 Å². The molecule has 5 heterocycles. The maximum atomic E-state index is 13.3. The average Bonchev–Trinajstić information content (AvgIpc) is 3.46. The number of pyridine rings is 2. The van der Waals surface area contributed by atoms with Gasteiger partial charge in [-0.1, -0.05) is 12.1 Å². The van der Waals surface area contributed by atoms with Crippen LogP contribution in [0.25, 0.3) is 21.9 Å². The molecular weight excluding hydrogens is 785 g/mol. The van der Waals surface area contributed by atoms with E-state index < -0.39 is 44.9 Å². The fourth-order valence-electron chi connectivity index (χ4n) is 7.76. The summed E-state index contributed by atoms with van der Waals surface area (Å²) in [5.41, 5.74) is 3.44. The molecule has 0 bridgehead atoms. The standard InChI is InChI=1S/C41H46N6O11S/c1-45-23-31(28-11-12-42-20-30(28)39(45)50)26-18-34(55-2)32(35(19-26)56-3)24-46-21-27(22-46)59(53,54)43-13-15-58-17-16-57-14-5-7-25-6-4-8-29-37(25)41(52)47(40(29)51)33-9-10-36(48)44-38(33)49/h4,6,8,11-12,18-20,23,27,33,43H,5,7,9-10,13-17,21-22,24H2,1-3H3,(H,44,48,49). The van der Waals surface area contributed by atoms with Crippen LogP contribution in [-0.2, 0) is 49.1 Å². The molecule has 0 saturated carbocycles. The Labute approximate surface area is 340 Å². The van der Waals surface area contributed by atoms with Crippen molar-refractivity contribution >= 4 is 44.4 Å². The summed E-state index contributed by atoms with van der Waals surface area (Å²) in [6, 6.07) is 9.60. The first kappa shape index (κ1) is 41.6. The number of fused-ring (bicyclic) bond motifs is 2. The Kier molecular flexibility index (Phi) is 12.5. The summed E-state index contributed by atoms with van der Waals surface area (Å²) in [5.74, 6) is -0.998. The molecule has 59 heavy (non-hydrogen) atoms. The van der Waals surface area contributed by atoms with Gasteiger partial charge in [0, 0.05) is 70.4 Å². The summed E-state index contributed by atoms with van der Waals surface area (Å²) in [6.07, 6.45) is 6.15. The highest BCUT2D eigenvalue weighted by molar-refractivity contribution is 7.90. The van der Waals surface area contributed by atoms with Crippen molar-refractivity contribution in [3.8, 4) is 22.6 Å². The number of rotatable bonds is 18. The second-order valence-electron chi connectivity index (χ2n) is 14.6. The number of amides is 4. The monoisotopic (exact) mass is 830 g/mol. The molecule has 4 amide bonds. The topological polar surface area (TPSA) is 205 Å². The molecule has 1 atom stereocenters. The summed E-state index contributed by atoms with van der Waals surface area (Å²) in [4.78, 5) is 70.1. The maximum Gasteiger partial charge on any atom is 0.262 e. The van der Waals surface area contributed by atoms with Gasteiger partial charge in [-0.05, 0) is 60.0 Å². The molecule has 2 aromatic heterocycles. The van der Waals surface area contributed by atoms with Gasteiger partial charge in [0.2, 0.25) is 21.8 Å². The second-order valence-corrected chi connectivity index (χ2v) is 16.7. The van der Waals surface area contributed by atoms with E-state index in [4.69, 9.17) is 18.9 Å². The molecule has 3 aliphatic rings. The first-order chi connectivity index (χ1) is 28.4. The number of aromatic nitrogens is 2. The number of imide groups is 2. The average molecular weight is 831 g/mol. The first-order valence-electron chi connectivity index (χ1n) is 19.3. The van der Waals surface area contributed by atoms with E-state index in [0.29, 0.717) is 61.5 Å². The van der Waals surface area contributed by atoms with Crippen LogP contribution in [0.5, 0.6) is 11.5 Å². The number of ether oxygens (including phenoxy) is 4. The van der Waals surface area contributed by atoms with Gasteiger partial charge < -0.3 is 23.5 Å². The van der Waals surface area contributed by atoms with Crippen LogP contribution in [0.4, 0.5) is 0 Å². The summed E-state index contributed by atoms with van der Waals surface area (Å²) in [5, 5.41) is 2.87. The van der Waals surface area contributed by atoms with Gasteiger partial charge >= 0.3 is 0 Å². The van der Waals surface area contributed by atoms with Crippen molar-refractivity contribution in [2.45, 2.75) is 43.5 Å². The molecule has 1 unspecified atom stereocenters. The quantitative estimate of drug-likeness (QED) is 0.109. The van der Waals surface area contributed by atoms with Crippen LogP contribution in [0, 0.1) is 0 Å². The minimum Gasteiger partial charge on any atom is -0.496 e. The van der Waals surface area contributed by atoms with Crippen molar-refractivity contribution in [1.29, 1.82) is 0 Å². The van der Waals surface area contributed by atoms with Crippen LogP contribution in [0.15, 0.2) is 59.8 Å². The highest BCUT2D eigenvalue weighted by Gasteiger charge is 2.45. The normalized spacial score (nSPS) is 17.3. The molecule has 0 radical (unpaired) electrons. The minimum absolute atomic E-state index is 0.0538. The van der Waals surface area contributed by atoms with Crippen LogP contribution in [0.1, 0.15) is 51.1 Å². The third-order valence-electron chi connectivity index (χ3n) is 10.9. The molecular formula is C41H46N6O11S. The lowest BCUT2D eigenvalue weighted by molar-refractivity contribution is -0.136. The third-order valence-corrected chi connectivity index (χ3v) is 12.6. The number of aryl methyl sites for hydroxylation is 2. The number of carbonyl (C=O) groups is 4. The van der Waals surface area contributed by atoms with Crippen LogP contribution >= 0.6 is 0 Å². The molecule has 17 nitrogen and oxygen atoms in total. The van der Waals surface area contributed by atoms with Crippen LogP contribution in [0.3, 0.4) is 0 Å². The van der Waals surface area contributed by atoms with Gasteiger partial charge in [-0.15, -0.1) is 0 Å². The number of hydrogen-bond acceptors (Lipinski definition) is 13. The molecule has 0 spiro atoms. The SMILES string of the molecule is COc1cc(-c2cn(C)c(=O)c3cnccc23)cc(OC)c1CN1CC(S(=O)(=O)NCCOCCOCCCc2cccc3c2C(=O)N(C2CCC(=O)NC2=O)C3=O)C1. The minimum atomic E-state index is -3.59. The molecule has 3 aliphatic heterocycles. The van der Waals surface area contributed by atoms with E-state index >= 15 is 0 Å². The number of methoxy groups -OCH3 is 2. The number of nitrogens with one attached hydrogen (secondary N) is 2. The molecule has 4 aromatic rings. The Bertz CT molecular complexity index is 2440. The third kappa shape index (κ3) is 8.63. The van der Waals surface area contributed by atoms with E-state index in [1.807, 2.05) is 17.0 Å². The molecule has 2 saturated heterocycles. The van der Waals surface area contributed by atoms with Crippen molar-refractivity contribution in [2.24, 2.45) is 7.05 Å². The van der Waals surface area contributed by atoms with E-state index in [-0.39, 0.29) is 55.9 Å². The highest BCUT2D eigenvalue weighted by Crippen LogP contribution is 2.38. The molecule has 312 valence electrons. The number of carbonyl (C=O) groups excluding carboxylic acids is 4. The summed E-state index contributed by atoms with van der Waals surface area (Å²) in [6.45, 7) is 2.24. The fourth-order valence-corrected chi connectivity index (χ4v) is 9.18. The van der Waals surface area contributed by atoms with E-state index in [1.54, 1.807) is 64.1 Å². The summed E-state index contributed by atoms with van der Waals surface area (Å²) < 4.78 is 53.0. The molecule has 7 rings (SSSR count). The maximum absolute atomic E-state index is 13.3. The van der Waals surface area contributed by atoms with Gasteiger partial charge in [0.05, 0.1) is 56.1 Å². The van der Waals surface area contributed by atoms with E-state index in [9.17, 15) is 32.4 Å². The number of hydrogen-bond donors (Lipinski definition) is 2. The summed E-state index contributed by atoms with van der Waals surface area (Å²) in [7, 11) is 1.24. The van der Waals surface area contributed by atoms with E-state index in [1.165, 1.54) is 4.57 Å². The van der Waals surface area contributed by atoms with Crippen molar-refractivity contribution in [3.63, 3.8) is 0 Å². The zero-order chi connectivity index (χ0) is 41.8. The largest absolute Gasteiger partial charge is 0.496 e. The van der Waals surface area contributed by atoms with E-state index in [2.05, 4.69) is 15.0 Å². The predicted octanol–water partition coefficient (Wildman–Crippen LogP) is 1.79. The summed E-state index contributed by atoms with van der Waals surface area (Å²) >= 11 is 0. The molecule has 2 aromatic carbocycles. The molecule has 18 heteroatoms. The van der Waals surface area contributed by atoms with Gasteiger partial charge in [0.1, 0.15) is 22.8 Å². The van der Waals surface area contributed by atoms with Gasteiger partial charge in [-0.3, -0.25) is 44.1 Å². The van der Waals surface area contributed by atoms with Crippen molar-refractivity contribution in [2.75, 3.05) is 60.3 Å². The highest BCUT2D eigenvalue weighted by atomic mass is 32.2. The van der Waals surface area contributed by atoms with Crippen molar-refractivity contribution < 1.29 is 46.5 Å². The van der Waals surface area contributed by atoms with Gasteiger partial charge in [0.15, 0.2) is 0 Å². The van der Waals surface area contributed by atoms with E-state index in [0.717, 1.165) is 27.0 Å². The Morgan fingerprint density at radius 2 is 1.63 bits per heavy atom. The zero-order valence-electron chi connectivity index (χ0n) is 33.0. The van der Waals surface area contributed by atoms with Crippen molar-refractivity contribution in [3.05, 3.63) is 87.6 Å². The lowest BCUT2D eigenvalue weighted by atomic mass is 9.98. The number of nitrogens with zero attached hydrogens (tertiary/aromatic N) is 4. The Morgan fingerprint density at radius 1 is 0.898 bits per heavy atom. The second kappa shape index (κ2) is 17.8. The van der Waals surface area contributed by atoms with Crippen LogP contribution < -0.4 is 25.1 Å². The van der Waals surface area contributed by atoms with Gasteiger partial charge in [-0.25, -0.2) is 13.1 Å². The smallest absolute Gasteiger partial charge is 0.262 e. The Morgan fingerprint density at radius 3 is 2.34 bits per heavy atom. The van der Waals surface area contributed by atoms with Gasteiger partial charge in [-0.2, -0.15) is 0 Å². The van der Waals surface area contributed by atoms with Crippen LogP contribution in [0.2, 0.25) is 0 Å². The number of piperidine rings is 1. The first-order valence-corrected chi connectivity index (χ1v) is 20.8. The number of likely N-dealkylation sites (tertiary alicyclic amines) is 1. The molecule has 2 fully saturated rings. The molecule has 2 N–H and O–H groups in total. The van der Waals surface area contributed by atoms with Crippen molar-refractivity contribution in [1.82, 2.24) is 29.4 Å². The zero-order valence-corrected chi connectivity index (χ0v) is 33.8. The number of benzene rings is 2. The molecule has 0 aliphatic carbocycles. The fraction of sp³-hybridized carbons (Fsp3) is 0.415. The number of sulfonamides is 1. The lowest BCUT2D eigenvalue weighted by Gasteiger charge is -2.39. The Hall–Kier alpha value is -5.53. The Balaban J connectivity index is 0.817. The lowest BCUT2D eigenvalue weighted by Crippen LogP contribution is -2.57. The van der Waals surface area contributed by atoms with Gasteiger partial charge in [0.25, 0.3) is 17.4 Å².